The highest BCUT2D eigenvalue weighted by Gasteiger charge is 2.12. The molecule has 0 saturated heterocycles. The second-order valence-corrected chi connectivity index (χ2v) is 4.75. The summed E-state index contributed by atoms with van der Waals surface area (Å²) in [7, 11) is 0. The number of aromatic nitrogens is 2. The topological polar surface area (TPSA) is 57.8 Å². The highest BCUT2D eigenvalue weighted by atomic mass is 35.5. The average molecular weight is 264 g/mol. The van der Waals surface area contributed by atoms with Gasteiger partial charge >= 0.3 is 0 Å². The van der Waals surface area contributed by atoms with E-state index in [1.54, 1.807) is 18.3 Å². The molecular formula is C13H14ClN3O. The number of rotatable bonds is 3. The Morgan fingerprint density at radius 1 is 1.33 bits per heavy atom. The third kappa shape index (κ3) is 2.71. The van der Waals surface area contributed by atoms with Crippen LogP contribution in [0.4, 0.5) is 5.82 Å². The standard InChI is InChI=1S/C13H14ClN3O/c1-8(2)13(18)16-12-11(7-15-17-12)9-3-5-10(14)6-4-9/h3-8H,1-2H3,(H2,15,16,17,18). The van der Waals surface area contributed by atoms with Crippen LogP contribution in [0.3, 0.4) is 0 Å². The molecule has 0 aliphatic carbocycles. The Balaban J connectivity index is 2.27. The maximum atomic E-state index is 11.7. The van der Waals surface area contributed by atoms with Crippen LogP contribution in [-0.4, -0.2) is 16.1 Å². The van der Waals surface area contributed by atoms with Crippen molar-refractivity contribution in [3.63, 3.8) is 0 Å². The molecule has 0 bridgehead atoms. The van der Waals surface area contributed by atoms with Gasteiger partial charge in [-0.15, -0.1) is 0 Å². The largest absolute Gasteiger partial charge is 0.310 e. The van der Waals surface area contributed by atoms with Gasteiger partial charge in [-0.25, -0.2) is 0 Å². The molecule has 0 fully saturated rings. The van der Waals surface area contributed by atoms with Gasteiger partial charge in [0, 0.05) is 16.5 Å². The van der Waals surface area contributed by atoms with Crippen LogP contribution >= 0.6 is 11.6 Å². The summed E-state index contributed by atoms with van der Waals surface area (Å²) in [4.78, 5) is 11.7. The van der Waals surface area contributed by atoms with Crippen molar-refractivity contribution in [1.82, 2.24) is 10.2 Å². The first-order valence-corrected chi connectivity index (χ1v) is 6.06. The van der Waals surface area contributed by atoms with Gasteiger partial charge in [-0.1, -0.05) is 37.6 Å². The number of nitrogens with one attached hydrogen (secondary N) is 2. The van der Waals surface area contributed by atoms with Crippen molar-refractivity contribution >= 4 is 23.3 Å². The number of amides is 1. The molecular weight excluding hydrogens is 250 g/mol. The summed E-state index contributed by atoms with van der Waals surface area (Å²) in [6.07, 6.45) is 1.68. The molecule has 1 aromatic heterocycles. The zero-order valence-electron chi connectivity index (χ0n) is 10.2. The van der Waals surface area contributed by atoms with Crippen molar-refractivity contribution in [2.24, 2.45) is 5.92 Å². The molecule has 2 rings (SSSR count). The molecule has 2 aromatic rings. The van der Waals surface area contributed by atoms with Gasteiger partial charge < -0.3 is 5.32 Å². The van der Waals surface area contributed by atoms with Crippen molar-refractivity contribution in [2.75, 3.05) is 5.32 Å². The first kappa shape index (κ1) is 12.6. The molecule has 0 spiro atoms. The van der Waals surface area contributed by atoms with Crippen LogP contribution in [0.15, 0.2) is 30.5 Å². The van der Waals surface area contributed by atoms with Gasteiger partial charge in [-0.3, -0.25) is 9.89 Å². The van der Waals surface area contributed by atoms with Gasteiger partial charge in [0.1, 0.15) is 5.82 Å². The zero-order chi connectivity index (χ0) is 13.1. The van der Waals surface area contributed by atoms with Gasteiger partial charge in [-0.05, 0) is 17.7 Å². The lowest BCUT2D eigenvalue weighted by molar-refractivity contribution is -0.118. The number of benzene rings is 1. The minimum absolute atomic E-state index is 0.0468. The Bertz CT molecular complexity index is 546. The maximum Gasteiger partial charge on any atom is 0.228 e. The van der Waals surface area contributed by atoms with Crippen LogP contribution in [0.1, 0.15) is 13.8 Å². The fourth-order valence-corrected chi connectivity index (χ4v) is 1.62. The number of hydrogen-bond acceptors (Lipinski definition) is 2. The first-order valence-electron chi connectivity index (χ1n) is 5.68. The lowest BCUT2D eigenvalue weighted by Gasteiger charge is -2.08. The second-order valence-electron chi connectivity index (χ2n) is 4.31. The highest BCUT2D eigenvalue weighted by molar-refractivity contribution is 6.30. The van der Waals surface area contributed by atoms with Gasteiger partial charge in [0.25, 0.3) is 0 Å². The van der Waals surface area contributed by atoms with E-state index < -0.39 is 0 Å². The van der Waals surface area contributed by atoms with Crippen molar-refractivity contribution in [3.8, 4) is 11.1 Å². The first-order chi connectivity index (χ1) is 8.58. The SMILES string of the molecule is CC(C)C(=O)Nc1[nH]ncc1-c1ccc(Cl)cc1. The van der Waals surface area contributed by atoms with Crippen LogP contribution in [0.5, 0.6) is 0 Å². The minimum Gasteiger partial charge on any atom is -0.310 e. The maximum absolute atomic E-state index is 11.7. The Kier molecular flexibility index (Phi) is 3.67. The summed E-state index contributed by atoms with van der Waals surface area (Å²) in [5, 5.41) is 10.2. The van der Waals surface area contributed by atoms with Crippen molar-refractivity contribution in [1.29, 1.82) is 0 Å². The smallest absolute Gasteiger partial charge is 0.228 e. The van der Waals surface area contributed by atoms with E-state index in [1.165, 1.54) is 0 Å². The fraction of sp³-hybridized carbons (Fsp3) is 0.231. The summed E-state index contributed by atoms with van der Waals surface area (Å²) in [5.74, 6) is 0.483. The number of hydrogen-bond donors (Lipinski definition) is 2. The third-order valence-electron chi connectivity index (χ3n) is 2.57. The van der Waals surface area contributed by atoms with Crippen LogP contribution in [0, 0.1) is 5.92 Å². The molecule has 1 aromatic carbocycles. The molecule has 1 heterocycles. The summed E-state index contributed by atoms with van der Waals surface area (Å²) in [5.41, 5.74) is 1.80. The van der Waals surface area contributed by atoms with E-state index in [1.807, 2.05) is 26.0 Å². The number of halogens is 1. The van der Waals surface area contributed by atoms with E-state index in [-0.39, 0.29) is 11.8 Å². The highest BCUT2D eigenvalue weighted by Crippen LogP contribution is 2.27. The monoisotopic (exact) mass is 263 g/mol. The van der Waals surface area contributed by atoms with E-state index in [9.17, 15) is 4.79 Å². The van der Waals surface area contributed by atoms with Gasteiger partial charge in [0.05, 0.1) is 6.20 Å². The molecule has 0 saturated carbocycles. The Labute approximate surface area is 110 Å². The fourth-order valence-electron chi connectivity index (χ4n) is 1.50. The van der Waals surface area contributed by atoms with E-state index in [0.29, 0.717) is 10.8 Å². The lowest BCUT2D eigenvalue weighted by atomic mass is 10.1. The third-order valence-corrected chi connectivity index (χ3v) is 2.82. The predicted molar refractivity (Wildman–Crippen MR) is 72.5 cm³/mol. The summed E-state index contributed by atoms with van der Waals surface area (Å²) < 4.78 is 0. The zero-order valence-corrected chi connectivity index (χ0v) is 11.0. The number of carbonyl (C=O) groups is 1. The number of carbonyl (C=O) groups excluding carboxylic acids is 1. The van der Waals surface area contributed by atoms with E-state index in [0.717, 1.165) is 11.1 Å². The number of nitrogens with zero attached hydrogens (tertiary/aromatic N) is 1. The minimum atomic E-state index is -0.0774. The van der Waals surface area contributed by atoms with E-state index in [4.69, 9.17) is 11.6 Å². The van der Waals surface area contributed by atoms with Crippen molar-refractivity contribution < 1.29 is 4.79 Å². The summed E-state index contributed by atoms with van der Waals surface area (Å²) >= 11 is 5.85. The van der Waals surface area contributed by atoms with Crippen LogP contribution < -0.4 is 5.32 Å². The van der Waals surface area contributed by atoms with Gasteiger partial charge in [-0.2, -0.15) is 5.10 Å². The Hall–Kier alpha value is -1.81. The number of anilines is 1. The molecule has 4 nitrogen and oxygen atoms in total. The summed E-state index contributed by atoms with van der Waals surface area (Å²) in [6.45, 7) is 3.68. The predicted octanol–water partition coefficient (Wildman–Crippen LogP) is 3.32. The molecule has 0 radical (unpaired) electrons. The Morgan fingerprint density at radius 2 is 2.00 bits per heavy atom. The Morgan fingerprint density at radius 3 is 2.61 bits per heavy atom. The quantitative estimate of drug-likeness (QED) is 0.892. The lowest BCUT2D eigenvalue weighted by Crippen LogP contribution is -2.18. The molecule has 94 valence electrons. The van der Waals surface area contributed by atoms with Crippen LogP contribution in [0.25, 0.3) is 11.1 Å². The number of H-pyrrole nitrogens is 1. The average Bonchev–Trinajstić information content (AvgIpc) is 2.78. The van der Waals surface area contributed by atoms with Crippen LogP contribution in [0.2, 0.25) is 5.02 Å². The molecule has 0 unspecified atom stereocenters. The van der Waals surface area contributed by atoms with Gasteiger partial charge in [0.2, 0.25) is 5.91 Å². The summed E-state index contributed by atoms with van der Waals surface area (Å²) in [6, 6.07) is 7.38. The molecule has 18 heavy (non-hydrogen) atoms. The van der Waals surface area contributed by atoms with Crippen molar-refractivity contribution in [2.45, 2.75) is 13.8 Å². The molecule has 1 amide bonds. The molecule has 5 heteroatoms. The van der Waals surface area contributed by atoms with E-state index >= 15 is 0 Å². The van der Waals surface area contributed by atoms with Crippen molar-refractivity contribution in [3.05, 3.63) is 35.5 Å². The molecule has 0 atom stereocenters. The van der Waals surface area contributed by atoms with Crippen LogP contribution in [-0.2, 0) is 4.79 Å². The van der Waals surface area contributed by atoms with E-state index in [2.05, 4.69) is 15.5 Å². The molecule has 0 aliphatic rings. The second kappa shape index (κ2) is 5.23. The molecule has 0 aliphatic heterocycles. The normalized spacial score (nSPS) is 10.7. The number of aromatic amines is 1. The molecule has 2 N–H and O–H groups in total. The van der Waals surface area contributed by atoms with Gasteiger partial charge in [0.15, 0.2) is 0 Å².